The molecule has 1 aromatic heterocycles. The van der Waals surface area contributed by atoms with Crippen molar-refractivity contribution in [2.24, 2.45) is 0 Å². The minimum absolute atomic E-state index is 0.251. The van der Waals surface area contributed by atoms with Crippen molar-refractivity contribution in [1.29, 1.82) is 0 Å². The lowest BCUT2D eigenvalue weighted by Crippen LogP contribution is -2.34. The molecule has 0 saturated heterocycles. The maximum Gasteiger partial charge on any atom is 0.269 e. The molecule has 0 aliphatic carbocycles. The molecule has 2 amide bonds. The van der Waals surface area contributed by atoms with Crippen molar-refractivity contribution < 1.29 is 18.0 Å². The number of amides is 2. The number of hydrogen-bond acceptors (Lipinski definition) is 5. The van der Waals surface area contributed by atoms with Crippen LogP contribution in [0.25, 0.3) is 0 Å². The van der Waals surface area contributed by atoms with E-state index in [0.29, 0.717) is 16.9 Å². The SMILES string of the molecule is CS(=O)(=O)Nc1ccc(C(=O)NCCNC(=O)c2ccccn2)cc1. The van der Waals surface area contributed by atoms with Crippen molar-refractivity contribution >= 4 is 27.5 Å². The van der Waals surface area contributed by atoms with E-state index in [1.165, 1.54) is 30.5 Å². The fourth-order valence-electron chi connectivity index (χ4n) is 1.95. The van der Waals surface area contributed by atoms with E-state index in [1.807, 2.05) is 0 Å². The van der Waals surface area contributed by atoms with Gasteiger partial charge in [0.1, 0.15) is 5.69 Å². The van der Waals surface area contributed by atoms with Crippen LogP contribution in [0.1, 0.15) is 20.8 Å². The van der Waals surface area contributed by atoms with Gasteiger partial charge in [0.05, 0.1) is 6.26 Å². The molecular weight excluding hydrogens is 344 g/mol. The van der Waals surface area contributed by atoms with Crippen LogP contribution in [0, 0.1) is 0 Å². The summed E-state index contributed by atoms with van der Waals surface area (Å²) in [7, 11) is -3.35. The first kappa shape index (κ1) is 18.4. The first-order valence-electron chi connectivity index (χ1n) is 7.40. The van der Waals surface area contributed by atoms with Gasteiger partial charge in [0, 0.05) is 30.5 Å². The molecule has 0 fully saturated rings. The van der Waals surface area contributed by atoms with E-state index < -0.39 is 10.0 Å². The molecular formula is C16H18N4O4S. The van der Waals surface area contributed by atoms with Gasteiger partial charge in [-0.05, 0) is 36.4 Å². The number of anilines is 1. The van der Waals surface area contributed by atoms with Crippen molar-refractivity contribution in [3.8, 4) is 0 Å². The molecule has 0 radical (unpaired) electrons. The molecule has 3 N–H and O–H groups in total. The van der Waals surface area contributed by atoms with E-state index in [0.717, 1.165) is 6.26 Å². The van der Waals surface area contributed by atoms with Gasteiger partial charge in [-0.3, -0.25) is 19.3 Å². The molecule has 1 aromatic carbocycles. The largest absolute Gasteiger partial charge is 0.350 e. The van der Waals surface area contributed by atoms with Crippen molar-refractivity contribution in [2.45, 2.75) is 0 Å². The molecule has 0 unspecified atom stereocenters. The molecule has 2 rings (SSSR count). The van der Waals surface area contributed by atoms with Gasteiger partial charge in [0.2, 0.25) is 10.0 Å². The Morgan fingerprint density at radius 3 is 2.16 bits per heavy atom. The van der Waals surface area contributed by atoms with Gasteiger partial charge in [0.15, 0.2) is 0 Å². The highest BCUT2D eigenvalue weighted by Crippen LogP contribution is 2.10. The van der Waals surface area contributed by atoms with Crippen LogP contribution in [-0.4, -0.2) is 44.6 Å². The lowest BCUT2D eigenvalue weighted by molar-refractivity contribution is 0.0925. The molecule has 2 aromatic rings. The number of hydrogen-bond donors (Lipinski definition) is 3. The summed E-state index contributed by atoms with van der Waals surface area (Å²) >= 11 is 0. The zero-order chi connectivity index (χ0) is 18.3. The highest BCUT2D eigenvalue weighted by molar-refractivity contribution is 7.92. The minimum Gasteiger partial charge on any atom is -0.350 e. The van der Waals surface area contributed by atoms with E-state index in [-0.39, 0.29) is 24.9 Å². The molecule has 1 heterocycles. The fourth-order valence-corrected chi connectivity index (χ4v) is 2.51. The summed E-state index contributed by atoms with van der Waals surface area (Å²) < 4.78 is 24.6. The summed E-state index contributed by atoms with van der Waals surface area (Å²) in [6, 6.07) is 11.0. The van der Waals surface area contributed by atoms with Crippen molar-refractivity contribution in [1.82, 2.24) is 15.6 Å². The van der Waals surface area contributed by atoms with Crippen molar-refractivity contribution in [2.75, 3.05) is 24.1 Å². The molecule has 8 nitrogen and oxygen atoms in total. The number of pyridine rings is 1. The maximum atomic E-state index is 12.0. The predicted molar refractivity (Wildman–Crippen MR) is 93.8 cm³/mol. The molecule has 0 aliphatic heterocycles. The van der Waals surface area contributed by atoms with E-state index in [4.69, 9.17) is 0 Å². The number of nitrogens with one attached hydrogen (secondary N) is 3. The third kappa shape index (κ3) is 6.22. The quantitative estimate of drug-likeness (QED) is 0.624. The Hall–Kier alpha value is -2.94. The van der Waals surface area contributed by atoms with Crippen LogP contribution in [0.15, 0.2) is 48.7 Å². The zero-order valence-corrected chi connectivity index (χ0v) is 14.3. The molecule has 0 spiro atoms. The highest BCUT2D eigenvalue weighted by atomic mass is 32.2. The zero-order valence-electron chi connectivity index (χ0n) is 13.5. The first-order valence-corrected chi connectivity index (χ1v) is 9.29. The summed E-state index contributed by atoms with van der Waals surface area (Å²) in [6.45, 7) is 0.510. The van der Waals surface area contributed by atoms with Crippen LogP contribution in [0.5, 0.6) is 0 Å². The number of aromatic nitrogens is 1. The molecule has 132 valence electrons. The van der Waals surface area contributed by atoms with E-state index >= 15 is 0 Å². The van der Waals surface area contributed by atoms with Crippen molar-refractivity contribution in [3.05, 3.63) is 59.9 Å². The number of carbonyl (C=O) groups excluding carboxylic acids is 2. The van der Waals surface area contributed by atoms with Crippen LogP contribution < -0.4 is 15.4 Å². The monoisotopic (exact) mass is 362 g/mol. The second kappa shape index (κ2) is 8.25. The highest BCUT2D eigenvalue weighted by Gasteiger charge is 2.08. The van der Waals surface area contributed by atoms with Crippen molar-refractivity contribution in [3.63, 3.8) is 0 Å². The van der Waals surface area contributed by atoms with Gasteiger partial charge in [-0.25, -0.2) is 8.42 Å². The van der Waals surface area contributed by atoms with Gasteiger partial charge < -0.3 is 10.6 Å². The van der Waals surface area contributed by atoms with E-state index in [9.17, 15) is 18.0 Å². The van der Waals surface area contributed by atoms with Crippen LogP contribution in [0.3, 0.4) is 0 Å². The fraction of sp³-hybridized carbons (Fsp3) is 0.188. The minimum atomic E-state index is -3.35. The van der Waals surface area contributed by atoms with Crippen LogP contribution in [0.4, 0.5) is 5.69 Å². The second-order valence-corrected chi connectivity index (χ2v) is 6.93. The van der Waals surface area contributed by atoms with E-state index in [2.05, 4.69) is 20.3 Å². The molecule has 0 atom stereocenters. The second-order valence-electron chi connectivity index (χ2n) is 5.18. The Kier molecular flexibility index (Phi) is 6.07. The Morgan fingerprint density at radius 1 is 0.960 bits per heavy atom. The van der Waals surface area contributed by atoms with Crippen LogP contribution in [0.2, 0.25) is 0 Å². The van der Waals surface area contributed by atoms with Gasteiger partial charge in [0.25, 0.3) is 11.8 Å². The molecule has 9 heteroatoms. The van der Waals surface area contributed by atoms with E-state index in [1.54, 1.807) is 18.2 Å². The summed E-state index contributed by atoms with van der Waals surface area (Å²) in [6.07, 6.45) is 2.58. The summed E-state index contributed by atoms with van der Waals surface area (Å²) in [5.74, 6) is -0.635. The molecule has 0 bridgehead atoms. The smallest absolute Gasteiger partial charge is 0.269 e. The molecule has 0 aliphatic rings. The summed E-state index contributed by atoms with van der Waals surface area (Å²) in [5.41, 5.74) is 1.07. The number of sulfonamides is 1. The predicted octanol–water partition coefficient (Wildman–Crippen LogP) is 0.613. The maximum absolute atomic E-state index is 12.0. The summed E-state index contributed by atoms with van der Waals surface area (Å²) in [5, 5.41) is 5.31. The first-order chi connectivity index (χ1) is 11.8. The summed E-state index contributed by atoms with van der Waals surface area (Å²) in [4.78, 5) is 27.7. The Morgan fingerprint density at radius 2 is 1.60 bits per heavy atom. The normalized spacial score (nSPS) is 10.8. The Labute approximate surface area is 145 Å². The topological polar surface area (TPSA) is 117 Å². The third-order valence-corrected chi connectivity index (χ3v) is 3.65. The average molecular weight is 362 g/mol. The van der Waals surface area contributed by atoms with Gasteiger partial charge in [-0.1, -0.05) is 6.07 Å². The Balaban J connectivity index is 1.77. The molecule has 0 saturated carbocycles. The number of rotatable bonds is 7. The number of benzene rings is 1. The molecule has 25 heavy (non-hydrogen) atoms. The average Bonchev–Trinajstić information content (AvgIpc) is 2.58. The van der Waals surface area contributed by atoms with Gasteiger partial charge >= 0.3 is 0 Å². The lowest BCUT2D eigenvalue weighted by Gasteiger charge is -2.08. The van der Waals surface area contributed by atoms with Gasteiger partial charge in [-0.15, -0.1) is 0 Å². The Bertz CT molecular complexity index is 836. The number of nitrogens with zero attached hydrogens (tertiary/aromatic N) is 1. The lowest BCUT2D eigenvalue weighted by atomic mass is 10.2. The van der Waals surface area contributed by atoms with Crippen LogP contribution >= 0.6 is 0 Å². The standard InChI is InChI=1S/C16H18N4O4S/c1-25(23,24)20-13-7-5-12(6-8-13)15(21)18-10-11-19-16(22)14-4-2-3-9-17-14/h2-9,20H,10-11H2,1H3,(H,18,21)(H,19,22). The van der Waals surface area contributed by atoms with Crippen LogP contribution in [-0.2, 0) is 10.0 Å². The number of carbonyl (C=O) groups is 2. The third-order valence-electron chi connectivity index (χ3n) is 3.04. The van der Waals surface area contributed by atoms with Gasteiger partial charge in [-0.2, -0.15) is 0 Å².